The molecule has 0 spiro atoms. The smallest absolute Gasteiger partial charge is 0.191 e. The molecule has 3 N–H and O–H groups in total. The minimum absolute atomic E-state index is 0.286. The van der Waals surface area contributed by atoms with Gasteiger partial charge in [0.25, 0.3) is 0 Å². The van der Waals surface area contributed by atoms with Crippen LogP contribution in [0.25, 0.3) is 0 Å². The Morgan fingerprint density at radius 1 is 1.38 bits per heavy atom. The quantitative estimate of drug-likeness (QED) is 0.488. The summed E-state index contributed by atoms with van der Waals surface area (Å²) in [5, 5.41) is 17.6. The summed E-state index contributed by atoms with van der Waals surface area (Å²) in [6, 6.07) is 1.89. The van der Waals surface area contributed by atoms with E-state index in [0.717, 1.165) is 42.7 Å². The van der Waals surface area contributed by atoms with Crippen molar-refractivity contribution in [2.24, 2.45) is 10.9 Å². The highest BCUT2D eigenvalue weighted by atomic mass is 16.3. The highest BCUT2D eigenvalue weighted by molar-refractivity contribution is 5.79. The molecule has 0 saturated carbocycles. The summed E-state index contributed by atoms with van der Waals surface area (Å²) in [6.07, 6.45) is 2.45. The second-order valence-corrected chi connectivity index (χ2v) is 7.63. The van der Waals surface area contributed by atoms with Crippen LogP contribution in [0.5, 0.6) is 0 Å². The zero-order chi connectivity index (χ0) is 19.2. The van der Waals surface area contributed by atoms with Crippen LogP contribution in [0.3, 0.4) is 0 Å². The van der Waals surface area contributed by atoms with Crippen molar-refractivity contribution in [3.8, 4) is 0 Å². The number of hydrogen-bond acceptors (Lipinski definition) is 4. The van der Waals surface area contributed by atoms with Gasteiger partial charge in [0, 0.05) is 25.2 Å². The largest absolute Gasteiger partial charge is 0.466 e. The second kappa shape index (κ2) is 9.42. The van der Waals surface area contributed by atoms with Crippen LogP contribution in [0, 0.1) is 19.8 Å². The molecule has 1 aromatic heterocycles. The molecule has 2 heterocycles. The Hall–Kier alpha value is -1.53. The summed E-state index contributed by atoms with van der Waals surface area (Å²) in [4.78, 5) is 7.15. The number of hydrogen-bond donors (Lipinski definition) is 3. The molecule has 6 nitrogen and oxygen atoms in total. The minimum Gasteiger partial charge on any atom is -0.466 e. The van der Waals surface area contributed by atoms with Gasteiger partial charge in [-0.25, -0.2) is 4.99 Å². The summed E-state index contributed by atoms with van der Waals surface area (Å²) < 4.78 is 5.56. The van der Waals surface area contributed by atoms with Gasteiger partial charge >= 0.3 is 0 Å². The fourth-order valence-electron chi connectivity index (χ4n) is 3.67. The van der Waals surface area contributed by atoms with Crippen LogP contribution in [-0.4, -0.2) is 55.2 Å². The van der Waals surface area contributed by atoms with Gasteiger partial charge in [-0.3, -0.25) is 0 Å². The first kappa shape index (κ1) is 20.8. The molecule has 0 amide bonds. The van der Waals surface area contributed by atoms with Crippen molar-refractivity contribution in [3.05, 3.63) is 23.2 Å². The summed E-state index contributed by atoms with van der Waals surface area (Å²) >= 11 is 0. The third-order valence-electron chi connectivity index (χ3n) is 4.98. The van der Waals surface area contributed by atoms with Crippen molar-refractivity contribution in [3.63, 3.8) is 0 Å². The SMILES string of the molecule is CCCN1CCC(CNC(=NCC(C)(O)c2cc(C)oc2C)NCC)C1. The van der Waals surface area contributed by atoms with Crippen molar-refractivity contribution in [1.82, 2.24) is 15.5 Å². The maximum Gasteiger partial charge on any atom is 0.191 e. The summed E-state index contributed by atoms with van der Waals surface area (Å²) in [7, 11) is 0. The average Bonchev–Trinajstić information content (AvgIpc) is 3.17. The number of rotatable bonds is 8. The number of aliphatic hydroxyl groups is 1. The predicted molar refractivity (Wildman–Crippen MR) is 107 cm³/mol. The Kier molecular flexibility index (Phi) is 7.53. The average molecular weight is 365 g/mol. The molecule has 1 aliphatic heterocycles. The zero-order valence-electron chi connectivity index (χ0n) is 17.1. The normalized spacial score (nSPS) is 21.0. The summed E-state index contributed by atoms with van der Waals surface area (Å²) in [5.41, 5.74) is -0.240. The molecule has 1 saturated heterocycles. The van der Waals surface area contributed by atoms with E-state index in [0.29, 0.717) is 5.92 Å². The predicted octanol–water partition coefficient (Wildman–Crippen LogP) is 2.39. The van der Waals surface area contributed by atoms with Gasteiger partial charge < -0.3 is 25.1 Å². The molecular weight excluding hydrogens is 328 g/mol. The molecule has 6 heteroatoms. The Morgan fingerprint density at radius 2 is 2.15 bits per heavy atom. The monoisotopic (exact) mass is 364 g/mol. The van der Waals surface area contributed by atoms with Crippen LogP contribution in [-0.2, 0) is 5.60 Å². The van der Waals surface area contributed by atoms with E-state index in [1.807, 2.05) is 19.9 Å². The Balaban J connectivity index is 1.92. The molecule has 2 unspecified atom stereocenters. The van der Waals surface area contributed by atoms with Crippen LogP contribution in [0.15, 0.2) is 15.5 Å². The maximum absolute atomic E-state index is 10.8. The second-order valence-electron chi connectivity index (χ2n) is 7.63. The molecule has 26 heavy (non-hydrogen) atoms. The molecule has 0 aliphatic carbocycles. The molecule has 2 atom stereocenters. The fraction of sp³-hybridized carbons (Fsp3) is 0.750. The highest BCUT2D eigenvalue weighted by Crippen LogP contribution is 2.27. The van der Waals surface area contributed by atoms with E-state index in [2.05, 4.69) is 34.4 Å². The first-order valence-corrected chi connectivity index (χ1v) is 9.90. The Labute approximate surface area is 158 Å². The molecule has 1 aliphatic rings. The van der Waals surface area contributed by atoms with Gasteiger partial charge in [0.15, 0.2) is 5.96 Å². The third-order valence-corrected chi connectivity index (χ3v) is 4.98. The highest BCUT2D eigenvalue weighted by Gasteiger charge is 2.28. The van der Waals surface area contributed by atoms with E-state index in [9.17, 15) is 5.11 Å². The number of aliphatic imine (C=N–C) groups is 1. The molecule has 1 fully saturated rings. The van der Waals surface area contributed by atoms with Crippen molar-refractivity contribution in [2.45, 2.75) is 53.1 Å². The lowest BCUT2D eigenvalue weighted by Crippen LogP contribution is -2.41. The summed E-state index contributed by atoms with van der Waals surface area (Å²) in [6.45, 7) is 15.4. The number of furan rings is 1. The Morgan fingerprint density at radius 3 is 2.77 bits per heavy atom. The van der Waals surface area contributed by atoms with Gasteiger partial charge in [0.2, 0.25) is 0 Å². The number of aryl methyl sites for hydroxylation is 2. The Bertz CT molecular complexity index is 595. The third kappa shape index (κ3) is 5.74. The lowest BCUT2D eigenvalue weighted by atomic mass is 9.96. The molecule has 148 valence electrons. The molecule has 0 aromatic carbocycles. The first-order chi connectivity index (χ1) is 12.4. The van der Waals surface area contributed by atoms with Crippen molar-refractivity contribution in [1.29, 1.82) is 0 Å². The van der Waals surface area contributed by atoms with Gasteiger partial charge in [0.1, 0.15) is 17.1 Å². The van der Waals surface area contributed by atoms with Gasteiger partial charge in [-0.15, -0.1) is 0 Å². The maximum atomic E-state index is 10.8. The van der Waals surface area contributed by atoms with E-state index >= 15 is 0 Å². The van der Waals surface area contributed by atoms with E-state index in [-0.39, 0.29) is 6.54 Å². The number of likely N-dealkylation sites (tertiary alicyclic amines) is 1. The van der Waals surface area contributed by atoms with Crippen LogP contribution in [0.4, 0.5) is 0 Å². The van der Waals surface area contributed by atoms with Crippen LogP contribution >= 0.6 is 0 Å². The van der Waals surface area contributed by atoms with Gasteiger partial charge in [-0.1, -0.05) is 6.92 Å². The lowest BCUT2D eigenvalue weighted by Gasteiger charge is -2.22. The summed E-state index contributed by atoms with van der Waals surface area (Å²) in [5.74, 6) is 2.98. The van der Waals surface area contributed by atoms with Gasteiger partial charge in [-0.2, -0.15) is 0 Å². The minimum atomic E-state index is -1.05. The van der Waals surface area contributed by atoms with Crippen molar-refractivity contribution >= 4 is 5.96 Å². The van der Waals surface area contributed by atoms with Crippen LogP contribution < -0.4 is 10.6 Å². The molecule has 0 bridgehead atoms. The molecular formula is C20H36N4O2. The zero-order valence-corrected chi connectivity index (χ0v) is 17.1. The van der Waals surface area contributed by atoms with Crippen molar-refractivity contribution in [2.75, 3.05) is 39.3 Å². The van der Waals surface area contributed by atoms with E-state index in [1.165, 1.54) is 25.9 Å². The fourth-order valence-corrected chi connectivity index (χ4v) is 3.67. The van der Waals surface area contributed by atoms with E-state index in [1.54, 1.807) is 6.92 Å². The van der Waals surface area contributed by atoms with Crippen LogP contribution in [0.1, 0.15) is 50.7 Å². The number of nitrogens with zero attached hydrogens (tertiary/aromatic N) is 2. The van der Waals surface area contributed by atoms with Gasteiger partial charge in [-0.05, 0) is 65.6 Å². The van der Waals surface area contributed by atoms with Crippen LogP contribution in [0.2, 0.25) is 0 Å². The topological polar surface area (TPSA) is 73.0 Å². The standard InChI is InChI=1S/C20H36N4O2/c1-6-9-24-10-8-17(13-24)12-22-19(21-7-2)23-14-20(5,25)18-11-15(3)26-16(18)4/h11,17,25H,6-10,12-14H2,1-5H3,(H2,21,22,23). The van der Waals surface area contributed by atoms with E-state index in [4.69, 9.17) is 4.42 Å². The van der Waals surface area contributed by atoms with E-state index < -0.39 is 5.60 Å². The number of nitrogens with one attached hydrogen (secondary N) is 2. The molecule has 2 rings (SSSR count). The first-order valence-electron chi connectivity index (χ1n) is 9.90. The number of guanidine groups is 1. The van der Waals surface area contributed by atoms with Crippen molar-refractivity contribution < 1.29 is 9.52 Å². The van der Waals surface area contributed by atoms with Gasteiger partial charge in [0.05, 0.1) is 6.54 Å². The lowest BCUT2D eigenvalue weighted by molar-refractivity contribution is 0.0657. The molecule has 1 aromatic rings. The molecule has 0 radical (unpaired) electrons.